The van der Waals surface area contributed by atoms with Crippen molar-refractivity contribution in [2.45, 2.75) is 31.7 Å². The van der Waals surface area contributed by atoms with E-state index in [1.54, 1.807) is 11.3 Å². The number of hydrogen-bond acceptors (Lipinski definition) is 5. The van der Waals surface area contributed by atoms with Crippen LogP contribution in [0.4, 0.5) is 0 Å². The maximum Gasteiger partial charge on any atom is 0.243 e. The molecule has 0 amide bonds. The van der Waals surface area contributed by atoms with E-state index in [0.29, 0.717) is 0 Å². The molecule has 0 bridgehead atoms. The van der Waals surface area contributed by atoms with Crippen LogP contribution in [0.15, 0.2) is 22.0 Å². The van der Waals surface area contributed by atoms with Crippen LogP contribution in [0.5, 0.6) is 0 Å². The summed E-state index contributed by atoms with van der Waals surface area (Å²) in [4.78, 5) is 5.75. The van der Waals surface area contributed by atoms with Gasteiger partial charge in [-0.2, -0.15) is 4.98 Å². The zero-order chi connectivity index (χ0) is 11.5. The molecular formula is C12H16ClN3OS. The Morgan fingerprint density at radius 3 is 3.11 bits per heavy atom. The number of halogens is 1. The average Bonchev–Trinajstić information content (AvgIpc) is 3.02. The summed E-state index contributed by atoms with van der Waals surface area (Å²) in [5.41, 5.74) is 0. The lowest BCUT2D eigenvalue weighted by Crippen LogP contribution is -2.26. The molecule has 0 aliphatic carbocycles. The summed E-state index contributed by atoms with van der Waals surface area (Å²) >= 11 is 1.73. The summed E-state index contributed by atoms with van der Waals surface area (Å²) < 4.78 is 5.33. The van der Waals surface area contributed by atoms with Gasteiger partial charge >= 0.3 is 0 Å². The van der Waals surface area contributed by atoms with Gasteiger partial charge in [-0.05, 0) is 30.8 Å². The molecule has 1 N–H and O–H groups in total. The van der Waals surface area contributed by atoms with E-state index in [1.807, 2.05) is 6.07 Å². The van der Waals surface area contributed by atoms with Crippen molar-refractivity contribution in [1.29, 1.82) is 0 Å². The van der Waals surface area contributed by atoms with Crippen molar-refractivity contribution in [3.8, 4) is 0 Å². The summed E-state index contributed by atoms with van der Waals surface area (Å²) in [6.07, 6.45) is 4.35. The first-order valence-corrected chi connectivity index (χ1v) is 6.88. The monoisotopic (exact) mass is 285 g/mol. The fraction of sp³-hybridized carbons (Fsp3) is 0.500. The standard InChI is InChI=1S/C12H15N3OS.ClH/c1-2-6-13-10(5-1)12-14-11(15-16-12)8-9-4-3-7-17-9;/h3-4,7,10,13H,1-2,5-6,8H2;1H/t10-;/m1./s1. The summed E-state index contributed by atoms with van der Waals surface area (Å²) in [6.45, 7) is 1.05. The minimum absolute atomic E-state index is 0. The quantitative estimate of drug-likeness (QED) is 0.942. The van der Waals surface area contributed by atoms with Crippen LogP contribution in [0.2, 0.25) is 0 Å². The van der Waals surface area contributed by atoms with E-state index in [-0.39, 0.29) is 18.4 Å². The molecule has 0 unspecified atom stereocenters. The van der Waals surface area contributed by atoms with Gasteiger partial charge in [-0.15, -0.1) is 23.7 Å². The molecule has 1 atom stereocenters. The Morgan fingerprint density at radius 2 is 2.39 bits per heavy atom. The van der Waals surface area contributed by atoms with Crippen LogP contribution in [-0.4, -0.2) is 16.7 Å². The molecule has 1 aliphatic rings. The molecule has 3 heterocycles. The molecule has 0 radical (unpaired) electrons. The Hall–Kier alpha value is -0.910. The van der Waals surface area contributed by atoms with Crippen molar-refractivity contribution in [2.75, 3.05) is 6.54 Å². The summed E-state index contributed by atoms with van der Waals surface area (Å²) in [5.74, 6) is 1.53. The number of hydrogen-bond donors (Lipinski definition) is 1. The SMILES string of the molecule is Cl.c1csc(Cc2noc([C@H]3CCCCN3)n2)c1. The van der Waals surface area contributed by atoms with Crippen LogP contribution in [0.3, 0.4) is 0 Å². The molecular weight excluding hydrogens is 270 g/mol. The van der Waals surface area contributed by atoms with Crippen LogP contribution in [0.1, 0.15) is 41.9 Å². The van der Waals surface area contributed by atoms with Crippen molar-refractivity contribution < 1.29 is 4.52 Å². The largest absolute Gasteiger partial charge is 0.338 e. The van der Waals surface area contributed by atoms with Gasteiger partial charge in [-0.1, -0.05) is 17.6 Å². The molecule has 3 rings (SSSR count). The third kappa shape index (κ3) is 3.10. The highest BCUT2D eigenvalue weighted by molar-refractivity contribution is 7.09. The second-order valence-electron chi connectivity index (χ2n) is 4.31. The zero-order valence-electron chi connectivity index (χ0n) is 9.96. The molecule has 4 nitrogen and oxygen atoms in total. The molecule has 18 heavy (non-hydrogen) atoms. The number of aromatic nitrogens is 2. The van der Waals surface area contributed by atoms with E-state index >= 15 is 0 Å². The van der Waals surface area contributed by atoms with Crippen LogP contribution in [-0.2, 0) is 6.42 Å². The molecule has 1 fully saturated rings. The third-order valence-electron chi connectivity index (χ3n) is 3.00. The molecule has 0 spiro atoms. The number of nitrogens with zero attached hydrogens (tertiary/aromatic N) is 2. The van der Waals surface area contributed by atoms with Crippen molar-refractivity contribution >= 4 is 23.7 Å². The minimum Gasteiger partial charge on any atom is -0.338 e. The lowest BCUT2D eigenvalue weighted by Gasteiger charge is -2.19. The average molecular weight is 286 g/mol. The minimum atomic E-state index is 0. The smallest absolute Gasteiger partial charge is 0.243 e. The highest BCUT2D eigenvalue weighted by atomic mass is 35.5. The van der Waals surface area contributed by atoms with Crippen molar-refractivity contribution in [1.82, 2.24) is 15.5 Å². The van der Waals surface area contributed by atoms with Gasteiger partial charge in [-0.3, -0.25) is 0 Å². The molecule has 1 saturated heterocycles. The number of thiophene rings is 1. The molecule has 98 valence electrons. The van der Waals surface area contributed by atoms with Crippen LogP contribution in [0.25, 0.3) is 0 Å². The van der Waals surface area contributed by atoms with E-state index in [2.05, 4.69) is 26.9 Å². The highest BCUT2D eigenvalue weighted by Crippen LogP contribution is 2.22. The van der Waals surface area contributed by atoms with Crippen LogP contribution in [0, 0.1) is 0 Å². The first-order valence-electron chi connectivity index (χ1n) is 6.00. The Labute approximate surface area is 116 Å². The van der Waals surface area contributed by atoms with Crippen molar-refractivity contribution in [3.05, 3.63) is 34.1 Å². The zero-order valence-corrected chi connectivity index (χ0v) is 11.6. The van der Waals surface area contributed by atoms with Crippen molar-refractivity contribution in [3.63, 3.8) is 0 Å². The number of piperidine rings is 1. The van der Waals surface area contributed by atoms with Gasteiger partial charge in [-0.25, -0.2) is 0 Å². The number of nitrogens with one attached hydrogen (secondary N) is 1. The maximum absolute atomic E-state index is 5.33. The van der Waals surface area contributed by atoms with Gasteiger partial charge in [0.25, 0.3) is 0 Å². The van der Waals surface area contributed by atoms with E-state index in [1.165, 1.54) is 17.7 Å². The highest BCUT2D eigenvalue weighted by Gasteiger charge is 2.20. The van der Waals surface area contributed by atoms with Gasteiger partial charge in [0.2, 0.25) is 5.89 Å². The molecule has 6 heteroatoms. The Bertz CT molecular complexity index is 465. The van der Waals surface area contributed by atoms with Gasteiger partial charge in [0, 0.05) is 11.3 Å². The molecule has 0 aromatic carbocycles. The molecule has 0 saturated carbocycles. The Balaban J connectivity index is 0.00000120. The van der Waals surface area contributed by atoms with Gasteiger partial charge < -0.3 is 9.84 Å². The van der Waals surface area contributed by atoms with Gasteiger partial charge in [0.15, 0.2) is 5.82 Å². The Kier molecular flexibility index (Phi) is 4.74. The second-order valence-corrected chi connectivity index (χ2v) is 5.34. The lowest BCUT2D eigenvalue weighted by molar-refractivity contribution is 0.296. The van der Waals surface area contributed by atoms with E-state index in [4.69, 9.17) is 4.52 Å². The van der Waals surface area contributed by atoms with Crippen LogP contribution < -0.4 is 5.32 Å². The number of rotatable bonds is 3. The summed E-state index contributed by atoms with van der Waals surface area (Å²) in [6, 6.07) is 4.40. The maximum atomic E-state index is 5.33. The molecule has 2 aromatic heterocycles. The van der Waals surface area contributed by atoms with E-state index in [9.17, 15) is 0 Å². The van der Waals surface area contributed by atoms with E-state index < -0.39 is 0 Å². The topological polar surface area (TPSA) is 51.0 Å². The summed E-state index contributed by atoms with van der Waals surface area (Å²) in [5, 5.41) is 9.53. The fourth-order valence-corrected chi connectivity index (χ4v) is 2.81. The molecule has 2 aromatic rings. The first kappa shape index (κ1) is 13.5. The van der Waals surface area contributed by atoms with E-state index in [0.717, 1.165) is 31.1 Å². The van der Waals surface area contributed by atoms with Gasteiger partial charge in [0.1, 0.15) is 0 Å². The van der Waals surface area contributed by atoms with Crippen LogP contribution >= 0.6 is 23.7 Å². The predicted octanol–water partition coefficient (Wildman–Crippen LogP) is 2.96. The predicted molar refractivity (Wildman–Crippen MR) is 73.3 cm³/mol. The normalized spacial score (nSPS) is 19.4. The fourth-order valence-electron chi connectivity index (χ4n) is 2.11. The second kappa shape index (κ2) is 6.31. The summed E-state index contributed by atoms with van der Waals surface area (Å²) in [7, 11) is 0. The third-order valence-corrected chi connectivity index (χ3v) is 3.88. The first-order chi connectivity index (χ1) is 8.42. The molecule has 1 aliphatic heterocycles. The van der Waals surface area contributed by atoms with Crippen molar-refractivity contribution in [2.24, 2.45) is 0 Å². The lowest BCUT2D eigenvalue weighted by atomic mass is 10.1. The van der Waals surface area contributed by atoms with Gasteiger partial charge in [0.05, 0.1) is 6.04 Å². The Morgan fingerprint density at radius 1 is 1.44 bits per heavy atom.